The van der Waals surface area contributed by atoms with Crippen LogP contribution < -0.4 is 10.5 Å². The summed E-state index contributed by atoms with van der Waals surface area (Å²) in [4.78, 5) is 33.0. The first-order valence-electron chi connectivity index (χ1n) is 12.1. The first-order valence-corrected chi connectivity index (χ1v) is 13.3. The van der Waals surface area contributed by atoms with Gasteiger partial charge in [0.1, 0.15) is 21.8 Å². The quantitative estimate of drug-likeness (QED) is 0.424. The van der Waals surface area contributed by atoms with Crippen LogP contribution in [0.5, 0.6) is 0 Å². The Labute approximate surface area is 222 Å². The third-order valence-electron chi connectivity index (χ3n) is 6.59. The molecule has 3 heterocycles. The number of benzene rings is 1. The van der Waals surface area contributed by atoms with E-state index in [4.69, 9.17) is 12.2 Å². The molecule has 188 valence electrons. The standard InChI is InChI=1S/C27H31N5O2S2/c1-18(2)16-32-26(34)23(36-27(32)35)14-21-19(3)22(15-28)25(33)29(4)24(21)31-12-10-30(11-13-31)17-20-8-6-5-7-9-20/h5-9,14,18H,10-13,16-17H2,1-4H3. The lowest BCUT2D eigenvalue weighted by molar-refractivity contribution is -0.122. The fourth-order valence-corrected chi connectivity index (χ4v) is 5.96. The highest BCUT2D eigenvalue weighted by Crippen LogP contribution is 2.36. The maximum absolute atomic E-state index is 13.2. The van der Waals surface area contributed by atoms with Crippen LogP contribution in [0.2, 0.25) is 0 Å². The topological polar surface area (TPSA) is 72.6 Å². The van der Waals surface area contributed by atoms with E-state index in [0.717, 1.165) is 44.1 Å². The van der Waals surface area contributed by atoms with Crippen molar-refractivity contribution in [3.8, 4) is 6.07 Å². The molecule has 36 heavy (non-hydrogen) atoms. The second-order valence-electron chi connectivity index (χ2n) is 9.65. The van der Waals surface area contributed by atoms with Crippen molar-refractivity contribution in [3.05, 3.63) is 67.8 Å². The van der Waals surface area contributed by atoms with Crippen LogP contribution in [0.3, 0.4) is 0 Å². The van der Waals surface area contributed by atoms with Crippen LogP contribution in [0.1, 0.15) is 36.1 Å². The van der Waals surface area contributed by atoms with Crippen molar-refractivity contribution in [1.29, 1.82) is 5.26 Å². The number of thiocarbonyl (C=S) groups is 1. The maximum Gasteiger partial charge on any atom is 0.270 e. The van der Waals surface area contributed by atoms with Gasteiger partial charge in [-0.1, -0.05) is 68.2 Å². The lowest BCUT2D eigenvalue weighted by Gasteiger charge is -2.37. The van der Waals surface area contributed by atoms with Gasteiger partial charge in [-0.3, -0.25) is 24.0 Å². The molecule has 7 nitrogen and oxygen atoms in total. The molecule has 0 saturated carbocycles. The summed E-state index contributed by atoms with van der Waals surface area (Å²) in [5.74, 6) is 0.910. The van der Waals surface area contributed by atoms with Crippen molar-refractivity contribution in [2.24, 2.45) is 13.0 Å². The van der Waals surface area contributed by atoms with Crippen molar-refractivity contribution < 1.29 is 4.79 Å². The molecule has 2 aliphatic rings. The predicted octanol–water partition coefficient (Wildman–Crippen LogP) is 3.74. The summed E-state index contributed by atoms with van der Waals surface area (Å²) in [6.45, 7) is 10.5. The van der Waals surface area contributed by atoms with Gasteiger partial charge in [-0.15, -0.1) is 0 Å². The maximum atomic E-state index is 13.2. The van der Waals surface area contributed by atoms with E-state index in [9.17, 15) is 14.9 Å². The van der Waals surface area contributed by atoms with Gasteiger partial charge in [-0.25, -0.2) is 0 Å². The highest BCUT2D eigenvalue weighted by Gasteiger charge is 2.33. The lowest BCUT2D eigenvalue weighted by Crippen LogP contribution is -2.48. The average Bonchev–Trinajstić information content (AvgIpc) is 3.11. The number of carbonyl (C=O) groups is 1. The van der Waals surface area contributed by atoms with Crippen LogP contribution in [0.4, 0.5) is 5.82 Å². The minimum atomic E-state index is -0.318. The molecule has 2 aliphatic heterocycles. The first-order chi connectivity index (χ1) is 17.2. The minimum absolute atomic E-state index is 0.105. The van der Waals surface area contributed by atoms with Crippen LogP contribution in [0, 0.1) is 24.2 Å². The Bertz CT molecular complexity index is 1300. The van der Waals surface area contributed by atoms with E-state index in [0.29, 0.717) is 27.3 Å². The molecule has 0 aliphatic carbocycles. The van der Waals surface area contributed by atoms with Gasteiger partial charge in [0, 0.05) is 51.9 Å². The third kappa shape index (κ3) is 5.26. The number of aromatic nitrogens is 1. The Morgan fingerprint density at radius 2 is 1.81 bits per heavy atom. The largest absolute Gasteiger partial charge is 0.355 e. The molecule has 0 bridgehead atoms. The molecule has 0 atom stereocenters. The summed E-state index contributed by atoms with van der Waals surface area (Å²) in [5.41, 5.74) is 2.39. The van der Waals surface area contributed by atoms with Gasteiger partial charge in [0.25, 0.3) is 11.5 Å². The molecule has 1 amide bonds. The Morgan fingerprint density at radius 1 is 1.14 bits per heavy atom. The molecule has 0 radical (unpaired) electrons. The smallest absolute Gasteiger partial charge is 0.270 e. The van der Waals surface area contributed by atoms with E-state index in [1.165, 1.54) is 17.3 Å². The zero-order chi connectivity index (χ0) is 26.0. The Kier molecular flexibility index (Phi) is 7.98. The van der Waals surface area contributed by atoms with E-state index < -0.39 is 0 Å². The van der Waals surface area contributed by atoms with Gasteiger partial charge in [-0.2, -0.15) is 5.26 Å². The molecule has 4 rings (SSSR count). The number of rotatable bonds is 6. The monoisotopic (exact) mass is 521 g/mol. The molecule has 1 aromatic heterocycles. The molecule has 9 heteroatoms. The molecule has 2 saturated heterocycles. The second kappa shape index (κ2) is 11.0. The zero-order valence-corrected chi connectivity index (χ0v) is 22.8. The highest BCUT2D eigenvalue weighted by molar-refractivity contribution is 8.26. The highest BCUT2D eigenvalue weighted by atomic mass is 32.2. The van der Waals surface area contributed by atoms with Crippen molar-refractivity contribution in [2.75, 3.05) is 37.6 Å². The van der Waals surface area contributed by atoms with Crippen molar-refractivity contribution in [2.45, 2.75) is 27.3 Å². The Hall–Kier alpha value is -2.93. The fourth-order valence-electron chi connectivity index (χ4n) is 4.71. The number of thioether (sulfide) groups is 1. The number of nitrogens with zero attached hydrogens (tertiary/aromatic N) is 5. The van der Waals surface area contributed by atoms with Crippen molar-refractivity contribution in [1.82, 2.24) is 14.4 Å². The van der Waals surface area contributed by atoms with Crippen LogP contribution in [-0.4, -0.2) is 57.3 Å². The fraction of sp³-hybridized carbons (Fsp3) is 0.407. The zero-order valence-electron chi connectivity index (χ0n) is 21.2. The van der Waals surface area contributed by atoms with Gasteiger partial charge in [-0.05, 0) is 30.0 Å². The predicted molar refractivity (Wildman–Crippen MR) is 150 cm³/mol. The SMILES string of the molecule is Cc1c(C=C2SC(=S)N(CC(C)C)C2=O)c(N2CCN(Cc3ccccc3)CC2)n(C)c(=O)c1C#N. The average molecular weight is 522 g/mol. The third-order valence-corrected chi connectivity index (χ3v) is 7.96. The molecule has 0 N–H and O–H groups in total. The van der Waals surface area contributed by atoms with Gasteiger partial charge >= 0.3 is 0 Å². The van der Waals surface area contributed by atoms with Crippen LogP contribution >= 0.6 is 24.0 Å². The Morgan fingerprint density at radius 3 is 2.42 bits per heavy atom. The van der Waals surface area contributed by atoms with E-state index in [1.54, 1.807) is 23.4 Å². The number of hydrogen-bond acceptors (Lipinski definition) is 7. The van der Waals surface area contributed by atoms with E-state index in [-0.39, 0.29) is 17.0 Å². The molecule has 2 fully saturated rings. The molecule has 0 unspecified atom stereocenters. The van der Waals surface area contributed by atoms with Crippen LogP contribution in [0.15, 0.2) is 40.0 Å². The first kappa shape index (κ1) is 26.1. The summed E-state index contributed by atoms with van der Waals surface area (Å²) in [6, 6.07) is 12.5. The van der Waals surface area contributed by atoms with Crippen LogP contribution in [-0.2, 0) is 18.4 Å². The molecular weight excluding hydrogens is 490 g/mol. The number of piperazine rings is 1. The molecular formula is C27H31N5O2S2. The normalized spacial score (nSPS) is 17.9. The molecule has 0 spiro atoms. The van der Waals surface area contributed by atoms with Crippen molar-refractivity contribution in [3.63, 3.8) is 0 Å². The van der Waals surface area contributed by atoms with Gasteiger partial charge < -0.3 is 4.90 Å². The minimum Gasteiger partial charge on any atom is -0.355 e. The van der Waals surface area contributed by atoms with Gasteiger partial charge in [0.2, 0.25) is 0 Å². The number of hydrogen-bond donors (Lipinski definition) is 0. The Balaban J connectivity index is 1.67. The number of pyridine rings is 1. The number of nitriles is 1. The van der Waals surface area contributed by atoms with Crippen molar-refractivity contribution >= 4 is 46.1 Å². The van der Waals surface area contributed by atoms with E-state index >= 15 is 0 Å². The number of amides is 1. The summed E-state index contributed by atoms with van der Waals surface area (Å²) in [5, 5.41) is 9.71. The summed E-state index contributed by atoms with van der Waals surface area (Å²) < 4.78 is 2.10. The molecule has 2 aromatic rings. The van der Waals surface area contributed by atoms with Crippen LogP contribution in [0.25, 0.3) is 6.08 Å². The van der Waals surface area contributed by atoms with E-state index in [2.05, 4.69) is 40.1 Å². The van der Waals surface area contributed by atoms with Gasteiger partial charge in [0.15, 0.2) is 0 Å². The van der Waals surface area contributed by atoms with Gasteiger partial charge in [0.05, 0.1) is 4.91 Å². The lowest BCUT2D eigenvalue weighted by atomic mass is 10.0. The molecule has 1 aromatic carbocycles. The second-order valence-corrected chi connectivity index (χ2v) is 11.3. The summed E-state index contributed by atoms with van der Waals surface area (Å²) in [6.07, 6.45) is 1.82. The number of anilines is 1. The van der Waals surface area contributed by atoms with E-state index in [1.807, 2.05) is 26.0 Å². The summed E-state index contributed by atoms with van der Waals surface area (Å²) >= 11 is 6.77. The summed E-state index contributed by atoms with van der Waals surface area (Å²) in [7, 11) is 1.70. The number of carbonyl (C=O) groups excluding carboxylic acids is 1.